The minimum Gasteiger partial charge on any atom is -0.383 e. The fourth-order valence-corrected chi connectivity index (χ4v) is 1.53. The zero-order valence-electron chi connectivity index (χ0n) is 10.3. The van der Waals surface area contributed by atoms with Crippen LogP contribution in [0.25, 0.3) is 0 Å². The van der Waals surface area contributed by atoms with Crippen LogP contribution in [0.4, 0.5) is 0 Å². The summed E-state index contributed by atoms with van der Waals surface area (Å²) in [6, 6.07) is 0. The summed E-state index contributed by atoms with van der Waals surface area (Å²) < 4.78 is 12.2. The molecular weight excluding hydrogens is 206 g/mol. The van der Waals surface area contributed by atoms with Crippen LogP contribution in [0.15, 0.2) is 6.20 Å². The third-order valence-corrected chi connectivity index (χ3v) is 2.45. The predicted octanol–water partition coefficient (Wildman–Crippen LogP) is 0.574. The number of methoxy groups -OCH3 is 2. The second-order valence-corrected chi connectivity index (χ2v) is 3.61. The Bertz CT molecular complexity index is 299. The molecule has 1 aromatic heterocycles. The highest BCUT2D eigenvalue weighted by molar-refractivity contribution is 5.04. The van der Waals surface area contributed by atoms with Crippen LogP contribution in [0.1, 0.15) is 11.5 Å². The van der Waals surface area contributed by atoms with Gasteiger partial charge < -0.3 is 19.4 Å². The molecule has 0 aliphatic rings. The van der Waals surface area contributed by atoms with Crippen LogP contribution in [0.2, 0.25) is 0 Å². The molecular formula is C11H21N3O2. The Labute approximate surface area is 96.8 Å². The van der Waals surface area contributed by atoms with E-state index in [0.29, 0.717) is 6.61 Å². The fourth-order valence-electron chi connectivity index (χ4n) is 1.53. The monoisotopic (exact) mass is 227 g/mol. The van der Waals surface area contributed by atoms with Crippen LogP contribution in [0.5, 0.6) is 0 Å². The molecule has 0 saturated carbocycles. The van der Waals surface area contributed by atoms with Gasteiger partial charge in [0.15, 0.2) is 0 Å². The van der Waals surface area contributed by atoms with Crippen molar-refractivity contribution in [2.45, 2.75) is 20.0 Å². The van der Waals surface area contributed by atoms with Gasteiger partial charge in [0.1, 0.15) is 5.82 Å². The zero-order valence-corrected chi connectivity index (χ0v) is 10.3. The molecule has 92 valence electrons. The van der Waals surface area contributed by atoms with Crippen molar-refractivity contribution >= 4 is 0 Å². The van der Waals surface area contributed by atoms with Crippen LogP contribution >= 0.6 is 0 Å². The lowest BCUT2D eigenvalue weighted by molar-refractivity contribution is 0.185. The zero-order chi connectivity index (χ0) is 11.8. The first-order valence-corrected chi connectivity index (χ1v) is 5.49. The van der Waals surface area contributed by atoms with Crippen molar-refractivity contribution < 1.29 is 9.47 Å². The number of rotatable bonds is 8. The van der Waals surface area contributed by atoms with Crippen molar-refractivity contribution in [1.82, 2.24) is 14.9 Å². The highest BCUT2D eigenvalue weighted by Gasteiger charge is 2.05. The van der Waals surface area contributed by atoms with Gasteiger partial charge in [0.05, 0.1) is 18.9 Å². The van der Waals surface area contributed by atoms with Crippen LogP contribution < -0.4 is 5.32 Å². The summed E-state index contributed by atoms with van der Waals surface area (Å²) >= 11 is 0. The molecule has 5 heteroatoms. The quantitative estimate of drug-likeness (QED) is 0.660. The van der Waals surface area contributed by atoms with Gasteiger partial charge in [-0.1, -0.05) is 0 Å². The summed E-state index contributed by atoms with van der Waals surface area (Å²) in [5, 5.41) is 3.31. The number of hydrogen-bond donors (Lipinski definition) is 1. The molecule has 0 aliphatic heterocycles. The minimum absolute atomic E-state index is 0.711. The van der Waals surface area contributed by atoms with Crippen LogP contribution in [-0.2, 0) is 22.6 Å². The molecule has 0 aliphatic carbocycles. The molecule has 1 rings (SSSR count). The average Bonchev–Trinajstić information content (AvgIpc) is 2.63. The van der Waals surface area contributed by atoms with E-state index in [0.717, 1.165) is 32.1 Å². The van der Waals surface area contributed by atoms with Crippen molar-refractivity contribution in [2.24, 2.45) is 0 Å². The number of nitrogens with zero attached hydrogens (tertiary/aromatic N) is 2. The SMILES string of the molecule is COCCNCc1cnc(C)n1CCOC. The maximum atomic E-state index is 5.08. The van der Waals surface area contributed by atoms with Crippen molar-refractivity contribution in [3.05, 3.63) is 17.7 Å². The lowest BCUT2D eigenvalue weighted by Crippen LogP contribution is -2.21. The van der Waals surface area contributed by atoms with E-state index >= 15 is 0 Å². The molecule has 0 bridgehead atoms. The Kier molecular flexibility index (Phi) is 6.07. The summed E-state index contributed by atoms with van der Waals surface area (Å²) in [5.41, 5.74) is 1.19. The highest BCUT2D eigenvalue weighted by atomic mass is 16.5. The van der Waals surface area contributed by atoms with Crippen LogP contribution in [0, 0.1) is 6.92 Å². The standard InChI is InChI=1S/C11H21N3O2/c1-10-13-9-11(8-12-4-6-15-2)14(10)5-7-16-3/h9,12H,4-8H2,1-3H3. The van der Waals surface area contributed by atoms with E-state index in [1.807, 2.05) is 13.1 Å². The molecule has 0 atom stereocenters. The molecule has 1 aromatic rings. The number of ether oxygens (including phenoxy) is 2. The summed E-state index contributed by atoms with van der Waals surface area (Å²) in [6.07, 6.45) is 1.91. The second kappa shape index (κ2) is 7.38. The lowest BCUT2D eigenvalue weighted by Gasteiger charge is -2.10. The molecule has 0 spiro atoms. The molecule has 0 aromatic carbocycles. The number of aryl methyl sites for hydroxylation is 1. The molecule has 1 N–H and O–H groups in total. The van der Waals surface area contributed by atoms with Crippen molar-refractivity contribution in [1.29, 1.82) is 0 Å². The Balaban J connectivity index is 2.44. The van der Waals surface area contributed by atoms with Gasteiger partial charge in [0.25, 0.3) is 0 Å². The van der Waals surface area contributed by atoms with Gasteiger partial charge in [-0.25, -0.2) is 4.98 Å². The molecule has 0 saturated heterocycles. The lowest BCUT2D eigenvalue weighted by atomic mass is 10.4. The predicted molar refractivity (Wildman–Crippen MR) is 62.4 cm³/mol. The number of aromatic nitrogens is 2. The number of imidazole rings is 1. The molecule has 0 unspecified atom stereocenters. The maximum absolute atomic E-state index is 5.08. The maximum Gasteiger partial charge on any atom is 0.105 e. The van der Waals surface area contributed by atoms with E-state index in [2.05, 4.69) is 14.9 Å². The number of nitrogens with one attached hydrogen (secondary N) is 1. The van der Waals surface area contributed by atoms with Crippen molar-refractivity contribution in [2.75, 3.05) is 34.0 Å². The molecule has 0 radical (unpaired) electrons. The van der Waals surface area contributed by atoms with Gasteiger partial charge in [0, 0.05) is 40.1 Å². The molecule has 1 heterocycles. The molecule has 0 amide bonds. The van der Waals surface area contributed by atoms with Gasteiger partial charge in [0.2, 0.25) is 0 Å². The summed E-state index contributed by atoms with van der Waals surface area (Å²) in [4.78, 5) is 4.30. The Morgan fingerprint density at radius 3 is 2.75 bits per heavy atom. The van der Waals surface area contributed by atoms with Crippen LogP contribution in [0.3, 0.4) is 0 Å². The number of hydrogen-bond acceptors (Lipinski definition) is 4. The van der Waals surface area contributed by atoms with Gasteiger partial charge in [-0.3, -0.25) is 0 Å². The van der Waals surface area contributed by atoms with E-state index < -0.39 is 0 Å². The highest BCUT2D eigenvalue weighted by Crippen LogP contribution is 2.04. The van der Waals surface area contributed by atoms with Gasteiger partial charge in [-0.2, -0.15) is 0 Å². The molecule has 5 nitrogen and oxygen atoms in total. The van der Waals surface area contributed by atoms with E-state index in [9.17, 15) is 0 Å². The smallest absolute Gasteiger partial charge is 0.105 e. The van der Waals surface area contributed by atoms with Gasteiger partial charge in [-0.05, 0) is 6.92 Å². The summed E-state index contributed by atoms with van der Waals surface area (Å²) in [6.45, 7) is 5.96. The summed E-state index contributed by atoms with van der Waals surface area (Å²) in [5.74, 6) is 1.03. The average molecular weight is 227 g/mol. The largest absolute Gasteiger partial charge is 0.383 e. The summed E-state index contributed by atoms with van der Waals surface area (Å²) in [7, 11) is 3.41. The Hall–Kier alpha value is -0.910. The first-order chi connectivity index (χ1) is 7.79. The van der Waals surface area contributed by atoms with Crippen molar-refractivity contribution in [3.63, 3.8) is 0 Å². The van der Waals surface area contributed by atoms with Gasteiger partial charge >= 0.3 is 0 Å². The van der Waals surface area contributed by atoms with Gasteiger partial charge in [-0.15, -0.1) is 0 Å². The van der Waals surface area contributed by atoms with E-state index in [4.69, 9.17) is 9.47 Å². The van der Waals surface area contributed by atoms with E-state index in [1.54, 1.807) is 14.2 Å². The van der Waals surface area contributed by atoms with Crippen LogP contribution in [-0.4, -0.2) is 43.5 Å². The van der Waals surface area contributed by atoms with Crippen molar-refractivity contribution in [3.8, 4) is 0 Å². The van der Waals surface area contributed by atoms with E-state index in [-0.39, 0.29) is 0 Å². The first kappa shape index (κ1) is 13.2. The fraction of sp³-hybridized carbons (Fsp3) is 0.727. The minimum atomic E-state index is 0.711. The molecule has 0 fully saturated rings. The Morgan fingerprint density at radius 1 is 1.31 bits per heavy atom. The van der Waals surface area contributed by atoms with E-state index in [1.165, 1.54) is 5.69 Å². The third kappa shape index (κ3) is 3.92. The topological polar surface area (TPSA) is 48.3 Å². The second-order valence-electron chi connectivity index (χ2n) is 3.61. The normalized spacial score (nSPS) is 10.9. The molecule has 16 heavy (non-hydrogen) atoms. The third-order valence-electron chi connectivity index (χ3n) is 2.45. The Morgan fingerprint density at radius 2 is 2.06 bits per heavy atom. The first-order valence-electron chi connectivity index (χ1n) is 5.49.